The van der Waals surface area contributed by atoms with Crippen LogP contribution in [-0.2, 0) is 9.05 Å². The molecule has 0 atom stereocenters. The lowest BCUT2D eigenvalue weighted by atomic mass is 10.2. The van der Waals surface area contributed by atoms with Crippen molar-refractivity contribution in [3.8, 4) is 10.7 Å². The third-order valence-electron chi connectivity index (χ3n) is 2.29. The van der Waals surface area contributed by atoms with Gasteiger partial charge in [-0.1, -0.05) is 19.0 Å². The number of aryl methyl sites for hydroxylation is 1. The van der Waals surface area contributed by atoms with Crippen molar-refractivity contribution in [2.75, 3.05) is 0 Å². The Morgan fingerprint density at radius 1 is 1.44 bits per heavy atom. The van der Waals surface area contributed by atoms with Gasteiger partial charge in [-0.2, -0.15) is 4.98 Å². The molecule has 0 radical (unpaired) electrons. The lowest BCUT2D eigenvalue weighted by molar-refractivity contribution is 0.366. The van der Waals surface area contributed by atoms with Crippen LogP contribution in [0, 0.1) is 6.92 Å². The van der Waals surface area contributed by atoms with Crippen LogP contribution in [-0.4, -0.2) is 18.6 Å². The fraction of sp³-hybridized carbons (Fsp3) is 0.400. The Labute approximate surface area is 113 Å². The predicted octanol–water partition coefficient (Wildman–Crippen LogP) is 3.16. The molecule has 2 aromatic heterocycles. The molecule has 18 heavy (non-hydrogen) atoms. The van der Waals surface area contributed by atoms with E-state index in [1.807, 2.05) is 13.8 Å². The van der Waals surface area contributed by atoms with E-state index in [0.717, 1.165) is 0 Å². The molecule has 0 aliphatic heterocycles. The lowest BCUT2D eigenvalue weighted by Crippen LogP contribution is -1.89. The van der Waals surface area contributed by atoms with E-state index in [9.17, 15) is 8.42 Å². The Morgan fingerprint density at radius 3 is 2.56 bits per heavy atom. The number of aromatic nitrogens is 2. The fourth-order valence-electron chi connectivity index (χ4n) is 1.39. The summed E-state index contributed by atoms with van der Waals surface area (Å²) in [5.74, 6) is 1.04. The summed E-state index contributed by atoms with van der Waals surface area (Å²) in [4.78, 5) is 5.54. The first-order chi connectivity index (χ1) is 8.29. The van der Waals surface area contributed by atoms with E-state index in [4.69, 9.17) is 15.2 Å². The maximum Gasteiger partial charge on any atom is 0.262 e. The standard InChI is InChI=1S/C10H11ClN2O3S2/c1-5(2)10-12-9(13-16-10)7-4-8(6(3)17-7)18(11,14)15/h4-5H,1-3H3. The number of hydrogen-bond donors (Lipinski definition) is 0. The summed E-state index contributed by atoms with van der Waals surface area (Å²) in [6.07, 6.45) is 0. The average molecular weight is 307 g/mol. The van der Waals surface area contributed by atoms with Crippen LogP contribution >= 0.6 is 22.0 Å². The zero-order chi connectivity index (χ0) is 13.5. The molecule has 2 aromatic rings. The highest BCUT2D eigenvalue weighted by Crippen LogP contribution is 2.33. The highest BCUT2D eigenvalue weighted by Gasteiger charge is 2.20. The second-order valence-corrected chi connectivity index (χ2v) is 7.87. The van der Waals surface area contributed by atoms with Crippen molar-refractivity contribution in [3.63, 3.8) is 0 Å². The Hall–Kier alpha value is -0.920. The van der Waals surface area contributed by atoms with Crippen LogP contribution in [0.25, 0.3) is 10.7 Å². The van der Waals surface area contributed by atoms with Crippen molar-refractivity contribution >= 4 is 31.1 Å². The molecule has 0 aliphatic rings. The lowest BCUT2D eigenvalue weighted by Gasteiger charge is -1.91. The molecule has 8 heteroatoms. The molecule has 0 aromatic carbocycles. The largest absolute Gasteiger partial charge is 0.339 e. The first kappa shape index (κ1) is 13.5. The third-order valence-corrected chi connectivity index (χ3v) is 4.91. The van der Waals surface area contributed by atoms with Gasteiger partial charge in [0, 0.05) is 21.5 Å². The molecule has 0 saturated heterocycles. The van der Waals surface area contributed by atoms with Crippen LogP contribution in [0.3, 0.4) is 0 Å². The van der Waals surface area contributed by atoms with E-state index in [1.165, 1.54) is 17.4 Å². The van der Waals surface area contributed by atoms with E-state index < -0.39 is 9.05 Å². The monoisotopic (exact) mass is 306 g/mol. The summed E-state index contributed by atoms with van der Waals surface area (Å²) in [5.41, 5.74) is 0. The minimum Gasteiger partial charge on any atom is -0.339 e. The maximum atomic E-state index is 11.3. The number of halogens is 1. The smallest absolute Gasteiger partial charge is 0.262 e. The van der Waals surface area contributed by atoms with Gasteiger partial charge in [0.05, 0.1) is 9.77 Å². The topological polar surface area (TPSA) is 73.1 Å². The molecular weight excluding hydrogens is 296 g/mol. The van der Waals surface area contributed by atoms with Crippen LogP contribution in [0.15, 0.2) is 15.5 Å². The predicted molar refractivity (Wildman–Crippen MR) is 69.5 cm³/mol. The third kappa shape index (κ3) is 2.57. The highest BCUT2D eigenvalue weighted by atomic mass is 35.7. The molecule has 2 heterocycles. The van der Waals surface area contributed by atoms with Crippen LogP contribution < -0.4 is 0 Å². The summed E-state index contributed by atoms with van der Waals surface area (Å²) >= 11 is 1.27. The van der Waals surface area contributed by atoms with Crippen molar-refractivity contribution in [3.05, 3.63) is 16.8 Å². The summed E-state index contributed by atoms with van der Waals surface area (Å²) in [6.45, 7) is 5.56. The molecular formula is C10H11ClN2O3S2. The summed E-state index contributed by atoms with van der Waals surface area (Å²) < 4.78 is 27.7. The van der Waals surface area contributed by atoms with Crippen LogP contribution in [0.4, 0.5) is 0 Å². The van der Waals surface area contributed by atoms with Gasteiger partial charge in [0.25, 0.3) is 9.05 Å². The average Bonchev–Trinajstić information content (AvgIpc) is 2.81. The van der Waals surface area contributed by atoms with Gasteiger partial charge in [0.15, 0.2) is 0 Å². The van der Waals surface area contributed by atoms with Gasteiger partial charge < -0.3 is 4.52 Å². The zero-order valence-electron chi connectivity index (χ0n) is 9.97. The Bertz CT molecular complexity index is 673. The van der Waals surface area contributed by atoms with Crippen molar-refractivity contribution in [1.82, 2.24) is 10.1 Å². The first-order valence-corrected chi connectivity index (χ1v) is 8.30. The molecule has 0 aliphatic carbocycles. The zero-order valence-corrected chi connectivity index (χ0v) is 12.4. The normalized spacial score (nSPS) is 12.3. The first-order valence-electron chi connectivity index (χ1n) is 5.18. The van der Waals surface area contributed by atoms with Crippen LogP contribution in [0.1, 0.15) is 30.5 Å². The fourth-order valence-corrected chi connectivity index (χ4v) is 3.98. The highest BCUT2D eigenvalue weighted by molar-refractivity contribution is 8.13. The van der Waals surface area contributed by atoms with E-state index in [-0.39, 0.29) is 10.8 Å². The molecule has 0 N–H and O–H groups in total. The van der Waals surface area contributed by atoms with E-state index in [1.54, 1.807) is 6.92 Å². The molecule has 98 valence electrons. The van der Waals surface area contributed by atoms with E-state index >= 15 is 0 Å². The molecule has 5 nitrogen and oxygen atoms in total. The van der Waals surface area contributed by atoms with Crippen LogP contribution in [0.2, 0.25) is 0 Å². The Balaban J connectivity index is 2.46. The molecule has 0 amide bonds. The second-order valence-electron chi connectivity index (χ2n) is 4.08. The van der Waals surface area contributed by atoms with Gasteiger partial charge in [-0.15, -0.1) is 11.3 Å². The maximum absolute atomic E-state index is 11.3. The van der Waals surface area contributed by atoms with Crippen molar-refractivity contribution in [1.29, 1.82) is 0 Å². The van der Waals surface area contributed by atoms with Gasteiger partial charge in [-0.3, -0.25) is 0 Å². The molecule has 0 bridgehead atoms. The van der Waals surface area contributed by atoms with Crippen molar-refractivity contribution < 1.29 is 12.9 Å². The number of rotatable bonds is 3. The Kier molecular flexibility index (Phi) is 3.48. The summed E-state index contributed by atoms with van der Waals surface area (Å²) in [7, 11) is 1.60. The molecule has 0 fully saturated rings. The summed E-state index contributed by atoms with van der Waals surface area (Å²) in [5, 5.41) is 3.83. The van der Waals surface area contributed by atoms with Gasteiger partial charge in [0.2, 0.25) is 11.7 Å². The minimum atomic E-state index is -3.73. The number of thiophene rings is 1. The summed E-state index contributed by atoms with van der Waals surface area (Å²) in [6, 6.07) is 1.47. The van der Waals surface area contributed by atoms with E-state index in [2.05, 4.69) is 10.1 Å². The number of nitrogens with zero attached hydrogens (tertiary/aromatic N) is 2. The number of hydrogen-bond acceptors (Lipinski definition) is 6. The SMILES string of the molecule is Cc1sc(-c2noc(C(C)C)n2)cc1S(=O)(=O)Cl. The van der Waals surface area contributed by atoms with Gasteiger partial charge in [-0.05, 0) is 13.0 Å². The second kappa shape index (κ2) is 4.64. The molecule has 0 spiro atoms. The Morgan fingerprint density at radius 2 is 2.11 bits per heavy atom. The molecule has 0 saturated carbocycles. The molecule has 2 rings (SSSR count). The van der Waals surface area contributed by atoms with Gasteiger partial charge in [0.1, 0.15) is 0 Å². The van der Waals surface area contributed by atoms with Crippen LogP contribution in [0.5, 0.6) is 0 Å². The van der Waals surface area contributed by atoms with Gasteiger partial charge in [-0.25, -0.2) is 8.42 Å². The minimum absolute atomic E-state index is 0.0973. The van der Waals surface area contributed by atoms with Crippen molar-refractivity contribution in [2.45, 2.75) is 31.6 Å². The van der Waals surface area contributed by atoms with Crippen molar-refractivity contribution in [2.24, 2.45) is 0 Å². The van der Waals surface area contributed by atoms with E-state index in [0.29, 0.717) is 21.5 Å². The molecule has 0 unspecified atom stereocenters. The van der Waals surface area contributed by atoms with Gasteiger partial charge >= 0.3 is 0 Å². The quantitative estimate of drug-likeness (QED) is 0.814.